The number of rotatable bonds is 4. The fourth-order valence-electron chi connectivity index (χ4n) is 2.71. The molecular weight excluding hydrogens is 282 g/mol. The molecule has 0 amide bonds. The van der Waals surface area contributed by atoms with E-state index < -0.39 is 23.6 Å². The Morgan fingerprint density at radius 2 is 2.00 bits per heavy atom. The maximum atomic E-state index is 14.1. The van der Waals surface area contributed by atoms with Crippen LogP contribution in [0.15, 0.2) is 29.8 Å². The van der Waals surface area contributed by atoms with Crippen molar-refractivity contribution in [2.75, 3.05) is 6.54 Å². The van der Waals surface area contributed by atoms with Gasteiger partial charge in [0.1, 0.15) is 5.82 Å². The first-order chi connectivity index (χ1) is 9.93. The zero-order valence-corrected chi connectivity index (χ0v) is 11.9. The number of hydrogen-bond acceptors (Lipinski definition) is 1. The van der Waals surface area contributed by atoms with E-state index in [9.17, 15) is 17.6 Å². The Morgan fingerprint density at radius 3 is 2.57 bits per heavy atom. The lowest BCUT2D eigenvalue weighted by Gasteiger charge is -2.25. The van der Waals surface area contributed by atoms with Crippen LogP contribution in [0.25, 0.3) is 0 Å². The standard InChI is InChI=1S/C16H19F4N/c1-2-21-15(11-6-4-3-5-7-11)13-10-12(16(18,19)20)8-9-14(13)17/h6,8-10,15,21H,2-5,7H2,1H3. The van der Waals surface area contributed by atoms with Crippen molar-refractivity contribution in [2.24, 2.45) is 0 Å². The van der Waals surface area contributed by atoms with E-state index in [0.29, 0.717) is 6.54 Å². The average Bonchev–Trinajstić information content (AvgIpc) is 2.45. The number of hydrogen-bond donors (Lipinski definition) is 1. The second kappa shape index (κ2) is 6.60. The molecule has 2 rings (SSSR count). The van der Waals surface area contributed by atoms with Crippen LogP contribution in [0.4, 0.5) is 17.6 Å². The summed E-state index contributed by atoms with van der Waals surface area (Å²) < 4.78 is 52.6. The third-order valence-corrected chi connectivity index (χ3v) is 3.74. The number of alkyl halides is 3. The fraction of sp³-hybridized carbons (Fsp3) is 0.500. The van der Waals surface area contributed by atoms with Gasteiger partial charge in [0.2, 0.25) is 0 Å². The van der Waals surface area contributed by atoms with Crippen molar-refractivity contribution in [2.45, 2.75) is 44.8 Å². The van der Waals surface area contributed by atoms with E-state index in [4.69, 9.17) is 0 Å². The molecule has 1 aliphatic carbocycles. The van der Waals surface area contributed by atoms with Crippen LogP contribution in [0.2, 0.25) is 0 Å². The summed E-state index contributed by atoms with van der Waals surface area (Å²) in [5, 5.41) is 3.11. The Morgan fingerprint density at radius 1 is 1.24 bits per heavy atom. The zero-order valence-electron chi connectivity index (χ0n) is 11.9. The van der Waals surface area contributed by atoms with E-state index in [0.717, 1.165) is 49.5 Å². The van der Waals surface area contributed by atoms with Crippen molar-refractivity contribution >= 4 is 0 Å². The van der Waals surface area contributed by atoms with Crippen LogP contribution in [0, 0.1) is 5.82 Å². The molecule has 1 aromatic rings. The number of benzene rings is 1. The van der Waals surface area contributed by atoms with Gasteiger partial charge < -0.3 is 5.32 Å². The molecule has 0 saturated carbocycles. The first-order valence-corrected chi connectivity index (χ1v) is 7.22. The number of nitrogens with one attached hydrogen (secondary N) is 1. The highest BCUT2D eigenvalue weighted by Crippen LogP contribution is 2.35. The van der Waals surface area contributed by atoms with Crippen LogP contribution in [0.3, 0.4) is 0 Å². The Labute approximate surface area is 122 Å². The van der Waals surface area contributed by atoms with Crippen LogP contribution in [-0.2, 0) is 6.18 Å². The predicted octanol–water partition coefficient (Wildman–Crippen LogP) is 5.00. The number of halogens is 4. The second-order valence-electron chi connectivity index (χ2n) is 5.25. The molecule has 1 N–H and O–H groups in total. The highest BCUT2D eigenvalue weighted by molar-refractivity contribution is 5.35. The monoisotopic (exact) mass is 301 g/mol. The van der Waals surface area contributed by atoms with Crippen molar-refractivity contribution in [1.82, 2.24) is 5.32 Å². The quantitative estimate of drug-likeness (QED) is 0.610. The Bertz CT molecular complexity index is 519. The first kappa shape index (κ1) is 16.0. The van der Waals surface area contributed by atoms with E-state index >= 15 is 0 Å². The van der Waals surface area contributed by atoms with Crippen LogP contribution in [0.5, 0.6) is 0 Å². The van der Waals surface area contributed by atoms with E-state index in [1.165, 1.54) is 0 Å². The van der Waals surface area contributed by atoms with Gasteiger partial charge in [-0.15, -0.1) is 0 Å². The summed E-state index contributed by atoms with van der Waals surface area (Å²) >= 11 is 0. The Balaban J connectivity index is 2.41. The molecule has 1 atom stereocenters. The van der Waals surface area contributed by atoms with Gasteiger partial charge in [-0.2, -0.15) is 13.2 Å². The molecule has 1 nitrogen and oxygen atoms in total. The average molecular weight is 301 g/mol. The van der Waals surface area contributed by atoms with Crippen molar-refractivity contribution in [3.63, 3.8) is 0 Å². The summed E-state index contributed by atoms with van der Waals surface area (Å²) in [4.78, 5) is 0. The third-order valence-electron chi connectivity index (χ3n) is 3.74. The molecule has 116 valence electrons. The van der Waals surface area contributed by atoms with Gasteiger partial charge in [0.15, 0.2) is 0 Å². The number of likely N-dealkylation sites (N-methyl/N-ethyl adjacent to an activating group) is 1. The fourth-order valence-corrected chi connectivity index (χ4v) is 2.71. The normalized spacial score (nSPS) is 17.5. The third kappa shape index (κ3) is 3.84. The molecule has 0 saturated heterocycles. The van der Waals surface area contributed by atoms with Gasteiger partial charge in [0.05, 0.1) is 11.6 Å². The van der Waals surface area contributed by atoms with Gasteiger partial charge in [-0.3, -0.25) is 0 Å². The van der Waals surface area contributed by atoms with E-state index in [1.807, 2.05) is 13.0 Å². The maximum absolute atomic E-state index is 14.1. The van der Waals surface area contributed by atoms with Crippen molar-refractivity contribution in [3.8, 4) is 0 Å². The van der Waals surface area contributed by atoms with E-state index in [2.05, 4.69) is 5.32 Å². The van der Waals surface area contributed by atoms with Crippen LogP contribution >= 0.6 is 0 Å². The molecular formula is C16H19F4N. The molecule has 1 aromatic carbocycles. The van der Waals surface area contributed by atoms with E-state index in [-0.39, 0.29) is 5.56 Å². The smallest absolute Gasteiger partial charge is 0.307 e. The Hall–Kier alpha value is -1.36. The molecule has 0 fully saturated rings. The van der Waals surface area contributed by atoms with Gasteiger partial charge >= 0.3 is 6.18 Å². The molecule has 0 spiro atoms. The van der Waals surface area contributed by atoms with Crippen molar-refractivity contribution in [3.05, 3.63) is 46.8 Å². The van der Waals surface area contributed by atoms with E-state index in [1.54, 1.807) is 0 Å². The highest BCUT2D eigenvalue weighted by Gasteiger charge is 2.32. The molecule has 0 bridgehead atoms. The summed E-state index contributed by atoms with van der Waals surface area (Å²) in [7, 11) is 0. The molecule has 21 heavy (non-hydrogen) atoms. The molecule has 0 radical (unpaired) electrons. The summed E-state index contributed by atoms with van der Waals surface area (Å²) in [5.41, 5.74) is 0.263. The maximum Gasteiger partial charge on any atom is 0.416 e. The summed E-state index contributed by atoms with van der Waals surface area (Å²) in [6.07, 6.45) is 1.34. The van der Waals surface area contributed by atoms with Crippen molar-refractivity contribution in [1.29, 1.82) is 0 Å². The van der Waals surface area contributed by atoms with Gasteiger partial charge in [-0.05, 0) is 50.4 Å². The second-order valence-corrected chi connectivity index (χ2v) is 5.25. The number of allylic oxidation sites excluding steroid dienone is 1. The molecule has 1 aliphatic rings. The van der Waals surface area contributed by atoms with Gasteiger partial charge in [0, 0.05) is 5.56 Å². The predicted molar refractivity (Wildman–Crippen MR) is 74.4 cm³/mol. The van der Waals surface area contributed by atoms with Crippen LogP contribution < -0.4 is 5.32 Å². The molecule has 0 aliphatic heterocycles. The molecule has 0 aromatic heterocycles. The highest BCUT2D eigenvalue weighted by atomic mass is 19.4. The minimum absolute atomic E-state index is 0.0832. The molecule has 0 heterocycles. The largest absolute Gasteiger partial charge is 0.416 e. The minimum atomic E-state index is -4.46. The van der Waals surface area contributed by atoms with Gasteiger partial charge in [-0.25, -0.2) is 4.39 Å². The lowest BCUT2D eigenvalue weighted by atomic mass is 9.89. The Kier molecular flexibility index (Phi) is 5.04. The van der Waals surface area contributed by atoms with Crippen LogP contribution in [-0.4, -0.2) is 6.54 Å². The SMILES string of the molecule is CCNC(C1=CCCCC1)c1cc(C(F)(F)F)ccc1F. The van der Waals surface area contributed by atoms with Crippen molar-refractivity contribution < 1.29 is 17.6 Å². The molecule has 1 unspecified atom stereocenters. The van der Waals surface area contributed by atoms with Crippen LogP contribution in [0.1, 0.15) is 49.8 Å². The molecule has 5 heteroatoms. The summed E-state index contributed by atoms with van der Waals surface area (Å²) in [5.74, 6) is -0.597. The summed E-state index contributed by atoms with van der Waals surface area (Å²) in [6.45, 7) is 2.43. The van der Waals surface area contributed by atoms with Gasteiger partial charge in [0.25, 0.3) is 0 Å². The zero-order chi connectivity index (χ0) is 15.5. The lowest BCUT2D eigenvalue weighted by molar-refractivity contribution is -0.137. The first-order valence-electron chi connectivity index (χ1n) is 7.22. The summed E-state index contributed by atoms with van der Waals surface area (Å²) in [6, 6.07) is 2.15. The lowest BCUT2D eigenvalue weighted by Crippen LogP contribution is -2.25. The minimum Gasteiger partial charge on any atom is -0.307 e. The topological polar surface area (TPSA) is 12.0 Å². The van der Waals surface area contributed by atoms with Gasteiger partial charge in [-0.1, -0.05) is 18.6 Å².